The molecule has 0 spiro atoms. The van der Waals surface area contributed by atoms with Crippen molar-refractivity contribution in [3.05, 3.63) is 30.0 Å². The van der Waals surface area contributed by atoms with Gasteiger partial charge in [-0.2, -0.15) is 0 Å². The van der Waals surface area contributed by atoms with Gasteiger partial charge in [-0.1, -0.05) is 25.0 Å². The number of benzene rings is 1. The maximum Gasteiger partial charge on any atom is 0.150 e. The monoisotopic (exact) mass is 269 g/mol. The van der Waals surface area contributed by atoms with Gasteiger partial charge in [0.05, 0.1) is 16.7 Å². The van der Waals surface area contributed by atoms with Crippen molar-refractivity contribution in [2.45, 2.75) is 39.5 Å². The van der Waals surface area contributed by atoms with Crippen molar-refractivity contribution in [2.75, 3.05) is 18.0 Å². The number of fused-ring (bicyclic) bond motifs is 1. The van der Waals surface area contributed by atoms with Crippen LogP contribution in [-0.2, 0) is 0 Å². The summed E-state index contributed by atoms with van der Waals surface area (Å²) < 4.78 is 0. The number of aromatic nitrogens is 2. The number of rotatable bonds is 4. The van der Waals surface area contributed by atoms with Gasteiger partial charge in [0.15, 0.2) is 5.82 Å². The van der Waals surface area contributed by atoms with Crippen LogP contribution in [0.2, 0.25) is 0 Å². The molecular weight excluding hydrogens is 246 g/mol. The van der Waals surface area contributed by atoms with E-state index in [0.717, 1.165) is 41.6 Å². The Morgan fingerprint density at radius 3 is 2.40 bits per heavy atom. The predicted molar refractivity (Wildman–Crippen MR) is 84.1 cm³/mol. The third kappa shape index (κ3) is 2.62. The van der Waals surface area contributed by atoms with E-state index in [1.54, 1.807) is 0 Å². The smallest absolute Gasteiger partial charge is 0.150 e. The molecule has 3 heteroatoms. The van der Waals surface area contributed by atoms with Gasteiger partial charge in [-0.25, -0.2) is 9.97 Å². The zero-order valence-electron chi connectivity index (χ0n) is 12.5. The first kappa shape index (κ1) is 13.3. The summed E-state index contributed by atoms with van der Waals surface area (Å²) in [4.78, 5) is 12.0. The first-order valence-electron chi connectivity index (χ1n) is 7.76. The van der Waals surface area contributed by atoms with Gasteiger partial charge in [0.25, 0.3) is 0 Å². The molecular formula is C17H23N3. The van der Waals surface area contributed by atoms with Crippen LogP contribution in [0, 0.1) is 12.8 Å². The standard InChI is InChI=1S/C17H23N3/c1-3-20(12-14-8-4-5-9-14)17-13(2)18-15-10-6-7-11-16(15)19-17/h6-7,10-11,14H,3-5,8-9,12H2,1-2H3. The molecule has 1 saturated carbocycles. The Morgan fingerprint density at radius 2 is 1.75 bits per heavy atom. The van der Waals surface area contributed by atoms with E-state index in [4.69, 9.17) is 9.97 Å². The molecule has 3 nitrogen and oxygen atoms in total. The van der Waals surface area contributed by atoms with Crippen LogP contribution in [0.15, 0.2) is 24.3 Å². The summed E-state index contributed by atoms with van der Waals surface area (Å²) in [6.07, 6.45) is 5.53. The van der Waals surface area contributed by atoms with Gasteiger partial charge < -0.3 is 4.90 Å². The Morgan fingerprint density at radius 1 is 1.10 bits per heavy atom. The zero-order chi connectivity index (χ0) is 13.9. The summed E-state index contributed by atoms with van der Waals surface area (Å²) in [6.45, 7) is 6.42. The van der Waals surface area contributed by atoms with Gasteiger partial charge in [0.2, 0.25) is 0 Å². The van der Waals surface area contributed by atoms with Gasteiger partial charge >= 0.3 is 0 Å². The Hall–Kier alpha value is -1.64. The SMILES string of the molecule is CCN(CC1CCCC1)c1nc2ccccc2nc1C. The molecule has 0 saturated heterocycles. The highest BCUT2D eigenvalue weighted by Crippen LogP contribution is 2.28. The summed E-state index contributed by atoms with van der Waals surface area (Å²) in [6, 6.07) is 8.14. The second kappa shape index (κ2) is 5.78. The summed E-state index contributed by atoms with van der Waals surface area (Å²) in [5, 5.41) is 0. The lowest BCUT2D eigenvalue weighted by Crippen LogP contribution is -2.30. The largest absolute Gasteiger partial charge is 0.355 e. The van der Waals surface area contributed by atoms with E-state index >= 15 is 0 Å². The van der Waals surface area contributed by atoms with Crippen molar-refractivity contribution in [1.82, 2.24) is 9.97 Å². The third-order valence-electron chi connectivity index (χ3n) is 4.35. The van der Waals surface area contributed by atoms with Crippen LogP contribution in [0.3, 0.4) is 0 Å². The van der Waals surface area contributed by atoms with Gasteiger partial charge in [0, 0.05) is 13.1 Å². The second-order valence-corrected chi connectivity index (χ2v) is 5.81. The number of hydrogen-bond donors (Lipinski definition) is 0. The molecule has 106 valence electrons. The fraction of sp³-hybridized carbons (Fsp3) is 0.529. The molecule has 1 heterocycles. The minimum atomic E-state index is 0.836. The van der Waals surface area contributed by atoms with Crippen molar-refractivity contribution in [3.8, 4) is 0 Å². The highest BCUT2D eigenvalue weighted by Gasteiger charge is 2.20. The lowest BCUT2D eigenvalue weighted by Gasteiger charge is -2.26. The molecule has 0 N–H and O–H groups in total. The van der Waals surface area contributed by atoms with Crippen LogP contribution in [-0.4, -0.2) is 23.1 Å². The molecule has 1 aliphatic rings. The van der Waals surface area contributed by atoms with E-state index in [9.17, 15) is 0 Å². The van der Waals surface area contributed by atoms with Crippen LogP contribution >= 0.6 is 0 Å². The van der Waals surface area contributed by atoms with Crippen molar-refractivity contribution in [1.29, 1.82) is 0 Å². The first-order valence-corrected chi connectivity index (χ1v) is 7.76. The maximum atomic E-state index is 4.85. The summed E-state index contributed by atoms with van der Waals surface area (Å²) in [5.74, 6) is 1.90. The molecule has 1 aliphatic carbocycles. The summed E-state index contributed by atoms with van der Waals surface area (Å²) in [5.41, 5.74) is 3.03. The van der Waals surface area contributed by atoms with Gasteiger partial charge in [0.1, 0.15) is 0 Å². The van der Waals surface area contributed by atoms with Crippen molar-refractivity contribution < 1.29 is 0 Å². The molecule has 2 aromatic rings. The van der Waals surface area contributed by atoms with Gasteiger partial charge in [-0.15, -0.1) is 0 Å². The van der Waals surface area contributed by atoms with Crippen LogP contribution < -0.4 is 4.90 Å². The van der Waals surface area contributed by atoms with Crippen LogP contribution in [0.5, 0.6) is 0 Å². The lowest BCUT2D eigenvalue weighted by molar-refractivity contribution is 0.533. The van der Waals surface area contributed by atoms with E-state index in [2.05, 4.69) is 24.8 Å². The molecule has 3 rings (SSSR count). The molecule has 0 aliphatic heterocycles. The number of hydrogen-bond acceptors (Lipinski definition) is 3. The quantitative estimate of drug-likeness (QED) is 0.841. The van der Waals surface area contributed by atoms with E-state index in [-0.39, 0.29) is 0 Å². The average molecular weight is 269 g/mol. The Labute approximate surface area is 121 Å². The predicted octanol–water partition coefficient (Wildman–Crippen LogP) is 3.95. The second-order valence-electron chi connectivity index (χ2n) is 5.81. The summed E-state index contributed by atoms with van der Waals surface area (Å²) >= 11 is 0. The van der Waals surface area contributed by atoms with E-state index in [1.165, 1.54) is 25.7 Å². The van der Waals surface area contributed by atoms with E-state index < -0.39 is 0 Å². The normalized spacial score (nSPS) is 15.9. The first-order chi connectivity index (χ1) is 9.78. The molecule has 1 aromatic carbocycles. The number of para-hydroxylation sites is 2. The van der Waals surface area contributed by atoms with Gasteiger partial charge in [-0.05, 0) is 44.7 Å². The molecule has 0 atom stereocenters. The number of aryl methyl sites for hydroxylation is 1. The Kier molecular flexibility index (Phi) is 3.86. The van der Waals surface area contributed by atoms with Crippen LogP contribution in [0.25, 0.3) is 11.0 Å². The van der Waals surface area contributed by atoms with Crippen LogP contribution in [0.4, 0.5) is 5.82 Å². The fourth-order valence-electron chi connectivity index (χ4n) is 3.25. The minimum Gasteiger partial charge on any atom is -0.355 e. The molecule has 0 bridgehead atoms. The Bertz CT molecular complexity index is 588. The lowest BCUT2D eigenvalue weighted by atomic mass is 10.1. The highest BCUT2D eigenvalue weighted by molar-refractivity contribution is 5.76. The highest BCUT2D eigenvalue weighted by atomic mass is 15.2. The maximum absolute atomic E-state index is 4.85. The molecule has 1 fully saturated rings. The van der Waals surface area contributed by atoms with Crippen molar-refractivity contribution in [2.24, 2.45) is 5.92 Å². The summed E-state index contributed by atoms with van der Waals surface area (Å²) in [7, 11) is 0. The number of anilines is 1. The van der Waals surface area contributed by atoms with Gasteiger partial charge in [-0.3, -0.25) is 0 Å². The van der Waals surface area contributed by atoms with E-state index in [0.29, 0.717) is 0 Å². The molecule has 20 heavy (non-hydrogen) atoms. The average Bonchev–Trinajstić information content (AvgIpc) is 2.97. The molecule has 0 amide bonds. The molecule has 0 radical (unpaired) electrons. The minimum absolute atomic E-state index is 0.836. The topological polar surface area (TPSA) is 29.0 Å². The zero-order valence-corrected chi connectivity index (χ0v) is 12.5. The Balaban J connectivity index is 1.91. The van der Waals surface area contributed by atoms with Crippen LogP contribution in [0.1, 0.15) is 38.3 Å². The number of nitrogens with zero attached hydrogens (tertiary/aromatic N) is 3. The van der Waals surface area contributed by atoms with E-state index in [1.807, 2.05) is 18.2 Å². The van der Waals surface area contributed by atoms with Crippen molar-refractivity contribution >= 4 is 16.9 Å². The molecule has 1 aromatic heterocycles. The van der Waals surface area contributed by atoms with Crippen molar-refractivity contribution in [3.63, 3.8) is 0 Å². The molecule has 0 unspecified atom stereocenters. The third-order valence-corrected chi connectivity index (χ3v) is 4.35. The fourth-order valence-corrected chi connectivity index (χ4v) is 3.25.